The Morgan fingerprint density at radius 3 is 2.74 bits per heavy atom. The van der Waals surface area contributed by atoms with E-state index in [1.807, 2.05) is 25.1 Å². The maximum absolute atomic E-state index is 12.0. The van der Waals surface area contributed by atoms with E-state index in [9.17, 15) is 9.59 Å². The monoisotopic (exact) mass is 378 g/mol. The molecule has 2 aromatic rings. The molecule has 2 rings (SSSR count). The van der Waals surface area contributed by atoms with Gasteiger partial charge in [-0.25, -0.2) is 0 Å². The van der Waals surface area contributed by atoms with Crippen molar-refractivity contribution in [3.63, 3.8) is 0 Å². The van der Waals surface area contributed by atoms with Crippen molar-refractivity contribution in [1.82, 2.24) is 4.57 Å². The number of rotatable bonds is 6. The van der Waals surface area contributed by atoms with Gasteiger partial charge >= 0.3 is 0 Å². The third-order valence-electron chi connectivity index (χ3n) is 3.46. The Morgan fingerprint density at radius 2 is 2.09 bits per heavy atom. The van der Waals surface area contributed by atoms with Gasteiger partial charge in [0.05, 0.1) is 17.3 Å². The fraction of sp³-hybridized carbons (Fsp3) is 0.294. The first kappa shape index (κ1) is 17.3. The van der Waals surface area contributed by atoms with Crippen LogP contribution in [0.15, 0.2) is 45.8 Å². The molecule has 122 valence electrons. The van der Waals surface area contributed by atoms with Gasteiger partial charge in [0.1, 0.15) is 5.75 Å². The summed E-state index contributed by atoms with van der Waals surface area (Å²) in [6.07, 6.45) is 2.65. The van der Waals surface area contributed by atoms with Crippen molar-refractivity contribution in [2.24, 2.45) is 0 Å². The molecular formula is C17H19BrN2O3. The number of anilines is 1. The summed E-state index contributed by atoms with van der Waals surface area (Å²) in [5.41, 5.74) is 1.60. The SMILES string of the molecule is CCn1cc(NC(=O)CCc2ccc(OC)c(Br)c2)ccc1=O. The Hall–Kier alpha value is -2.08. The minimum Gasteiger partial charge on any atom is -0.496 e. The number of aryl methyl sites for hydroxylation is 2. The molecule has 0 atom stereocenters. The fourth-order valence-corrected chi connectivity index (χ4v) is 2.79. The summed E-state index contributed by atoms with van der Waals surface area (Å²) < 4.78 is 7.60. The van der Waals surface area contributed by atoms with Crippen molar-refractivity contribution in [3.8, 4) is 5.75 Å². The molecule has 23 heavy (non-hydrogen) atoms. The fourth-order valence-electron chi connectivity index (χ4n) is 2.20. The highest BCUT2D eigenvalue weighted by Crippen LogP contribution is 2.26. The number of methoxy groups -OCH3 is 1. The van der Waals surface area contributed by atoms with E-state index in [-0.39, 0.29) is 11.5 Å². The zero-order valence-corrected chi connectivity index (χ0v) is 14.7. The maximum Gasteiger partial charge on any atom is 0.250 e. The smallest absolute Gasteiger partial charge is 0.250 e. The van der Waals surface area contributed by atoms with E-state index < -0.39 is 0 Å². The molecule has 1 aromatic heterocycles. The highest BCUT2D eigenvalue weighted by atomic mass is 79.9. The molecule has 0 unspecified atom stereocenters. The minimum atomic E-state index is -0.0850. The predicted molar refractivity (Wildman–Crippen MR) is 94.0 cm³/mol. The number of nitrogens with one attached hydrogen (secondary N) is 1. The number of carbonyl (C=O) groups is 1. The predicted octanol–water partition coefficient (Wildman–Crippen LogP) is 3.21. The van der Waals surface area contributed by atoms with Gasteiger partial charge in [-0.05, 0) is 53.0 Å². The molecule has 0 spiro atoms. The molecule has 0 bridgehead atoms. The lowest BCUT2D eigenvalue weighted by Gasteiger charge is -2.09. The van der Waals surface area contributed by atoms with Gasteiger partial charge in [0.2, 0.25) is 5.91 Å². The van der Waals surface area contributed by atoms with Crippen LogP contribution in [0, 0.1) is 0 Å². The number of ether oxygens (including phenoxy) is 1. The van der Waals surface area contributed by atoms with Crippen LogP contribution < -0.4 is 15.6 Å². The summed E-state index contributed by atoms with van der Waals surface area (Å²) in [5.74, 6) is 0.679. The Bertz CT molecular complexity index is 756. The number of halogens is 1. The Kier molecular flexibility index (Phi) is 5.98. The van der Waals surface area contributed by atoms with Crippen molar-refractivity contribution >= 4 is 27.5 Å². The number of nitrogens with zero attached hydrogens (tertiary/aromatic N) is 1. The lowest BCUT2D eigenvalue weighted by Crippen LogP contribution is -2.19. The van der Waals surface area contributed by atoms with Crippen LogP contribution in [0.1, 0.15) is 18.9 Å². The molecule has 0 aliphatic rings. The lowest BCUT2D eigenvalue weighted by atomic mass is 10.1. The standard InChI is InChI=1S/C17H19BrN2O3/c1-3-20-11-13(6-9-17(20)22)19-16(21)8-5-12-4-7-15(23-2)14(18)10-12/h4,6-7,9-11H,3,5,8H2,1-2H3,(H,19,21). The molecule has 0 saturated carbocycles. The first-order valence-electron chi connectivity index (χ1n) is 7.36. The Balaban J connectivity index is 1.95. The molecule has 0 radical (unpaired) electrons. The van der Waals surface area contributed by atoms with E-state index in [1.54, 1.807) is 23.9 Å². The summed E-state index contributed by atoms with van der Waals surface area (Å²) in [7, 11) is 1.61. The van der Waals surface area contributed by atoms with E-state index in [2.05, 4.69) is 21.2 Å². The Labute approximate surface area is 143 Å². The van der Waals surface area contributed by atoms with E-state index >= 15 is 0 Å². The average molecular weight is 379 g/mol. The summed E-state index contributed by atoms with van der Waals surface area (Å²) in [6.45, 7) is 2.46. The van der Waals surface area contributed by atoms with Crippen molar-refractivity contribution < 1.29 is 9.53 Å². The van der Waals surface area contributed by atoms with Crippen LogP contribution in [0.3, 0.4) is 0 Å². The molecule has 1 N–H and O–H groups in total. The quantitative estimate of drug-likeness (QED) is 0.839. The van der Waals surface area contributed by atoms with Gasteiger partial charge < -0.3 is 14.6 Å². The molecule has 0 aliphatic heterocycles. The van der Waals surface area contributed by atoms with Gasteiger partial charge in [0, 0.05) is 25.2 Å². The Morgan fingerprint density at radius 1 is 1.30 bits per heavy atom. The van der Waals surface area contributed by atoms with Crippen LogP contribution in [0.5, 0.6) is 5.75 Å². The van der Waals surface area contributed by atoms with Crippen molar-refractivity contribution in [3.05, 3.63) is 56.9 Å². The summed E-state index contributed by atoms with van der Waals surface area (Å²) in [4.78, 5) is 23.6. The van der Waals surface area contributed by atoms with E-state index in [4.69, 9.17) is 4.74 Å². The number of benzene rings is 1. The number of carbonyl (C=O) groups excluding carboxylic acids is 1. The third-order valence-corrected chi connectivity index (χ3v) is 4.08. The second-order valence-electron chi connectivity index (χ2n) is 5.06. The minimum absolute atomic E-state index is 0.0754. The summed E-state index contributed by atoms with van der Waals surface area (Å²) >= 11 is 3.43. The highest BCUT2D eigenvalue weighted by molar-refractivity contribution is 9.10. The molecular weight excluding hydrogens is 360 g/mol. The van der Waals surface area contributed by atoms with Gasteiger partial charge in [-0.15, -0.1) is 0 Å². The zero-order valence-electron chi connectivity index (χ0n) is 13.1. The topological polar surface area (TPSA) is 60.3 Å². The normalized spacial score (nSPS) is 10.4. The lowest BCUT2D eigenvalue weighted by molar-refractivity contribution is -0.116. The van der Waals surface area contributed by atoms with Gasteiger partial charge in [0.25, 0.3) is 5.56 Å². The van der Waals surface area contributed by atoms with E-state index in [0.717, 1.165) is 15.8 Å². The van der Waals surface area contributed by atoms with Crippen LogP contribution in [0.2, 0.25) is 0 Å². The number of hydrogen-bond donors (Lipinski definition) is 1. The van der Waals surface area contributed by atoms with Crippen molar-refractivity contribution in [2.45, 2.75) is 26.3 Å². The van der Waals surface area contributed by atoms with Gasteiger partial charge in [-0.1, -0.05) is 6.07 Å². The summed E-state index contributed by atoms with van der Waals surface area (Å²) in [5, 5.41) is 2.82. The molecule has 5 nitrogen and oxygen atoms in total. The van der Waals surface area contributed by atoms with E-state index in [1.165, 1.54) is 6.07 Å². The molecule has 1 amide bonds. The second-order valence-corrected chi connectivity index (χ2v) is 5.91. The first-order valence-corrected chi connectivity index (χ1v) is 8.15. The largest absolute Gasteiger partial charge is 0.496 e. The van der Waals surface area contributed by atoms with Crippen LogP contribution in [-0.4, -0.2) is 17.6 Å². The molecule has 1 heterocycles. The number of hydrogen-bond acceptors (Lipinski definition) is 3. The number of pyridine rings is 1. The van der Waals surface area contributed by atoms with Crippen LogP contribution in [0.25, 0.3) is 0 Å². The van der Waals surface area contributed by atoms with Crippen LogP contribution in [0.4, 0.5) is 5.69 Å². The molecule has 0 fully saturated rings. The molecule has 0 aliphatic carbocycles. The van der Waals surface area contributed by atoms with Gasteiger partial charge in [-0.3, -0.25) is 9.59 Å². The molecule has 1 aromatic carbocycles. The van der Waals surface area contributed by atoms with Crippen molar-refractivity contribution in [1.29, 1.82) is 0 Å². The van der Waals surface area contributed by atoms with E-state index in [0.29, 0.717) is 25.1 Å². The van der Waals surface area contributed by atoms with Gasteiger partial charge in [0.15, 0.2) is 0 Å². The average Bonchev–Trinajstić information content (AvgIpc) is 2.55. The maximum atomic E-state index is 12.0. The number of amides is 1. The molecule has 6 heteroatoms. The molecule has 0 saturated heterocycles. The third kappa shape index (κ3) is 4.69. The highest BCUT2D eigenvalue weighted by Gasteiger charge is 2.06. The first-order chi connectivity index (χ1) is 11.0. The second kappa shape index (κ2) is 7.97. The van der Waals surface area contributed by atoms with Gasteiger partial charge in [-0.2, -0.15) is 0 Å². The van der Waals surface area contributed by atoms with Crippen LogP contribution in [-0.2, 0) is 17.8 Å². The number of aromatic nitrogens is 1. The van der Waals surface area contributed by atoms with Crippen molar-refractivity contribution in [2.75, 3.05) is 12.4 Å². The van der Waals surface area contributed by atoms with Crippen LogP contribution >= 0.6 is 15.9 Å². The zero-order chi connectivity index (χ0) is 16.8. The summed E-state index contributed by atoms with van der Waals surface area (Å²) in [6, 6.07) is 8.84.